The Bertz CT molecular complexity index is 930. The SMILES string of the molecule is Cc1cc(C(=O)CN2C(=O)N[C@@](C)(CCC(C)C)C2=O)c(C)n1Cc1cccs1. The minimum Gasteiger partial charge on any atom is -0.343 e. The van der Waals surface area contributed by atoms with E-state index in [9.17, 15) is 14.4 Å². The summed E-state index contributed by atoms with van der Waals surface area (Å²) in [5, 5.41) is 4.82. The third kappa shape index (κ3) is 4.29. The molecule has 7 heteroatoms. The highest BCUT2D eigenvalue weighted by molar-refractivity contribution is 7.09. The number of hydrogen-bond acceptors (Lipinski definition) is 4. The largest absolute Gasteiger partial charge is 0.343 e. The van der Waals surface area contributed by atoms with Crippen molar-refractivity contribution in [3.63, 3.8) is 0 Å². The van der Waals surface area contributed by atoms with Gasteiger partial charge in [0.05, 0.1) is 13.1 Å². The Morgan fingerprint density at radius 1 is 1.28 bits per heavy atom. The average molecular weight is 416 g/mol. The molecule has 1 N–H and O–H groups in total. The maximum Gasteiger partial charge on any atom is 0.325 e. The Kier molecular flexibility index (Phi) is 5.98. The summed E-state index contributed by atoms with van der Waals surface area (Å²) < 4.78 is 2.09. The Morgan fingerprint density at radius 2 is 2.00 bits per heavy atom. The number of carbonyl (C=O) groups excluding carboxylic acids is 3. The van der Waals surface area contributed by atoms with Gasteiger partial charge in [-0.2, -0.15) is 0 Å². The number of aryl methyl sites for hydroxylation is 1. The molecule has 1 atom stereocenters. The number of hydrogen-bond donors (Lipinski definition) is 1. The van der Waals surface area contributed by atoms with Crippen molar-refractivity contribution in [1.29, 1.82) is 0 Å². The Morgan fingerprint density at radius 3 is 2.62 bits per heavy atom. The molecule has 1 aliphatic heterocycles. The molecule has 1 aliphatic rings. The molecule has 0 unspecified atom stereocenters. The van der Waals surface area contributed by atoms with E-state index in [4.69, 9.17) is 0 Å². The van der Waals surface area contributed by atoms with Gasteiger partial charge in [0.2, 0.25) is 0 Å². The molecule has 3 rings (SSSR count). The lowest BCUT2D eigenvalue weighted by atomic mass is 9.92. The maximum atomic E-state index is 13.0. The third-order valence-corrected chi connectivity index (χ3v) is 6.50. The summed E-state index contributed by atoms with van der Waals surface area (Å²) in [6.07, 6.45) is 1.39. The first-order valence-electron chi connectivity index (χ1n) is 9.99. The average Bonchev–Trinajstić information content (AvgIpc) is 3.32. The quantitative estimate of drug-likeness (QED) is 0.520. The number of nitrogens with one attached hydrogen (secondary N) is 1. The number of imide groups is 1. The summed E-state index contributed by atoms with van der Waals surface area (Å²) in [6.45, 7) is 10.3. The van der Waals surface area contributed by atoms with Crippen molar-refractivity contribution in [2.75, 3.05) is 6.54 Å². The fourth-order valence-electron chi connectivity index (χ4n) is 3.75. The zero-order valence-electron chi connectivity index (χ0n) is 17.7. The lowest BCUT2D eigenvalue weighted by molar-refractivity contribution is -0.130. The Hall–Kier alpha value is -2.41. The van der Waals surface area contributed by atoms with Gasteiger partial charge in [-0.15, -0.1) is 11.3 Å². The van der Waals surface area contributed by atoms with Crippen LogP contribution < -0.4 is 5.32 Å². The van der Waals surface area contributed by atoms with E-state index in [0.717, 1.165) is 22.7 Å². The summed E-state index contributed by atoms with van der Waals surface area (Å²) in [5.74, 6) is -0.100. The van der Waals surface area contributed by atoms with Crippen molar-refractivity contribution >= 4 is 29.1 Å². The fraction of sp³-hybridized carbons (Fsp3) is 0.500. The van der Waals surface area contributed by atoms with Crippen LogP contribution in [0.2, 0.25) is 0 Å². The zero-order valence-corrected chi connectivity index (χ0v) is 18.6. The topological polar surface area (TPSA) is 71.4 Å². The standard InChI is InChI=1S/C22H29N3O3S/c1-14(2)8-9-22(5)20(27)25(21(28)23-22)13-19(26)18-11-15(3)24(16(18)4)12-17-7-6-10-29-17/h6-7,10-11,14H,8-9,12-13H2,1-5H3,(H,23,28)/t22-/m0/s1. The predicted octanol–water partition coefficient (Wildman–Crippen LogP) is 4.14. The first-order valence-corrected chi connectivity index (χ1v) is 10.9. The number of carbonyl (C=O) groups is 3. The molecule has 3 heterocycles. The van der Waals surface area contributed by atoms with E-state index in [1.807, 2.05) is 31.4 Å². The van der Waals surface area contributed by atoms with Crippen LogP contribution in [0, 0.1) is 19.8 Å². The molecule has 6 nitrogen and oxygen atoms in total. The highest BCUT2D eigenvalue weighted by Gasteiger charge is 2.48. The molecule has 0 aliphatic carbocycles. The molecule has 0 radical (unpaired) electrons. The van der Waals surface area contributed by atoms with Crippen molar-refractivity contribution in [2.24, 2.45) is 5.92 Å². The van der Waals surface area contributed by atoms with E-state index in [-0.39, 0.29) is 18.2 Å². The molecule has 0 bridgehead atoms. The molecular formula is C22H29N3O3S. The van der Waals surface area contributed by atoms with E-state index in [1.54, 1.807) is 18.3 Å². The van der Waals surface area contributed by atoms with E-state index < -0.39 is 11.6 Å². The molecular weight excluding hydrogens is 386 g/mol. The summed E-state index contributed by atoms with van der Waals surface area (Å²) in [7, 11) is 0. The normalized spacial score (nSPS) is 19.3. The minimum atomic E-state index is -0.933. The number of rotatable bonds is 8. The van der Waals surface area contributed by atoms with Gasteiger partial charge >= 0.3 is 6.03 Å². The number of nitrogens with zero attached hydrogens (tertiary/aromatic N) is 2. The van der Waals surface area contributed by atoms with Crippen LogP contribution in [0.4, 0.5) is 4.79 Å². The highest BCUT2D eigenvalue weighted by Crippen LogP contribution is 2.26. The number of urea groups is 1. The van der Waals surface area contributed by atoms with Crippen LogP contribution in [0.3, 0.4) is 0 Å². The van der Waals surface area contributed by atoms with Gasteiger partial charge in [-0.25, -0.2) is 4.79 Å². The fourth-order valence-corrected chi connectivity index (χ4v) is 4.44. The number of thiophene rings is 1. The summed E-state index contributed by atoms with van der Waals surface area (Å²) in [4.78, 5) is 40.5. The molecule has 2 aromatic rings. The second-order valence-corrected chi connectivity index (χ2v) is 9.49. The van der Waals surface area contributed by atoms with Gasteiger partial charge in [0.25, 0.3) is 5.91 Å². The summed E-state index contributed by atoms with van der Waals surface area (Å²) in [6, 6.07) is 5.44. The molecule has 1 saturated heterocycles. The van der Waals surface area contributed by atoms with Crippen molar-refractivity contribution in [1.82, 2.24) is 14.8 Å². The molecule has 3 amide bonds. The zero-order chi connectivity index (χ0) is 21.3. The predicted molar refractivity (Wildman–Crippen MR) is 114 cm³/mol. The van der Waals surface area contributed by atoms with E-state index in [1.165, 1.54) is 4.88 Å². The van der Waals surface area contributed by atoms with Gasteiger partial charge in [-0.3, -0.25) is 14.5 Å². The highest BCUT2D eigenvalue weighted by atomic mass is 32.1. The monoisotopic (exact) mass is 415 g/mol. The van der Waals surface area contributed by atoms with Crippen LogP contribution in [-0.4, -0.2) is 39.3 Å². The van der Waals surface area contributed by atoms with Gasteiger partial charge in [0, 0.05) is 21.8 Å². The Balaban J connectivity index is 1.75. The molecule has 29 heavy (non-hydrogen) atoms. The number of aromatic nitrogens is 1. The molecule has 0 saturated carbocycles. The van der Waals surface area contributed by atoms with Crippen molar-refractivity contribution in [2.45, 2.75) is 59.5 Å². The van der Waals surface area contributed by atoms with Gasteiger partial charge in [-0.05, 0) is 57.0 Å². The van der Waals surface area contributed by atoms with Crippen molar-refractivity contribution in [3.05, 3.63) is 45.4 Å². The van der Waals surface area contributed by atoms with Crippen LogP contribution in [0.5, 0.6) is 0 Å². The summed E-state index contributed by atoms with van der Waals surface area (Å²) in [5.41, 5.74) is 1.47. The van der Waals surface area contributed by atoms with E-state index in [0.29, 0.717) is 24.4 Å². The molecule has 0 spiro atoms. The molecule has 1 fully saturated rings. The first kappa shape index (κ1) is 21.3. The summed E-state index contributed by atoms with van der Waals surface area (Å²) >= 11 is 1.67. The molecule has 2 aromatic heterocycles. The number of ketones is 1. The third-order valence-electron chi connectivity index (χ3n) is 5.64. The maximum absolute atomic E-state index is 13.0. The lowest BCUT2D eigenvalue weighted by Gasteiger charge is -2.22. The lowest BCUT2D eigenvalue weighted by Crippen LogP contribution is -2.44. The first-order chi connectivity index (χ1) is 13.6. The van der Waals surface area contributed by atoms with Crippen LogP contribution in [0.25, 0.3) is 0 Å². The van der Waals surface area contributed by atoms with Gasteiger partial charge < -0.3 is 9.88 Å². The van der Waals surface area contributed by atoms with Crippen LogP contribution >= 0.6 is 11.3 Å². The van der Waals surface area contributed by atoms with Crippen LogP contribution in [-0.2, 0) is 11.3 Å². The molecule has 0 aromatic carbocycles. The van der Waals surface area contributed by atoms with Gasteiger partial charge in [0.1, 0.15) is 5.54 Å². The van der Waals surface area contributed by atoms with Gasteiger partial charge in [0.15, 0.2) is 5.78 Å². The molecule has 156 valence electrons. The number of Topliss-reactive ketones (excluding diaryl/α,β-unsaturated/α-hetero) is 1. The van der Waals surface area contributed by atoms with Crippen molar-refractivity contribution < 1.29 is 14.4 Å². The smallest absolute Gasteiger partial charge is 0.325 e. The second kappa shape index (κ2) is 8.14. The van der Waals surface area contributed by atoms with Crippen molar-refractivity contribution in [3.8, 4) is 0 Å². The van der Waals surface area contributed by atoms with Crippen LogP contribution in [0.1, 0.15) is 60.2 Å². The second-order valence-electron chi connectivity index (χ2n) is 8.46. The van der Waals surface area contributed by atoms with E-state index in [2.05, 4.69) is 29.8 Å². The minimum absolute atomic E-state index is 0.216. The van der Waals surface area contributed by atoms with Gasteiger partial charge in [-0.1, -0.05) is 19.9 Å². The number of amides is 3. The Labute approximate surface area is 175 Å². The van der Waals surface area contributed by atoms with Crippen LogP contribution in [0.15, 0.2) is 23.6 Å². The van der Waals surface area contributed by atoms with E-state index >= 15 is 0 Å².